The van der Waals surface area contributed by atoms with Gasteiger partial charge in [0, 0.05) is 34.2 Å². The second-order valence-corrected chi connectivity index (χ2v) is 10.4. The number of allylic oxidation sites excluding steroid dienone is 5. The van der Waals surface area contributed by atoms with Crippen molar-refractivity contribution in [3.63, 3.8) is 0 Å². The van der Waals surface area contributed by atoms with Gasteiger partial charge in [-0.15, -0.1) is 11.8 Å². The number of thioether (sulfide) groups is 1. The monoisotopic (exact) mass is 544 g/mol. The first-order valence-corrected chi connectivity index (χ1v) is 15.3. The summed E-state index contributed by atoms with van der Waals surface area (Å²) in [6.07, 6.45) is 18.2. The molecule has 3 heteroatoms. The number of rotatable bonds is 5. The molecule has 0 bridgehead atoms. The lowest BCUT2D eigenvalue weighted by atomic mass is 9.89. The van der Waals surface area contributed by atoms with Crippen molar-refractivity contribution in [2.24, 2.45) is 0 Å². The molecule has 204 valence electrons. The molecule has 0 saturated heterocycles. The summed E-state index contributed by atoms with van der Waals surface area (Å²) in [6, 6.07) is 14.8. The molecule has 1 aliphatic heterocycles. The lowest BCUT2D eigenvalue weighted by molar-refractivity contribution is 1.07. The summed E-state index contributed by atoms with van der Waals surface area (Å²) in [5.41, 5.74) is 13.4. The van der Waals surface area contributed by atoms with Crippen LogP contribution in [0, 0.1) is 6.92 Å². The van der Waals surface area contributed by atoms with Crippen LogP contribution in [0.2, 0.25) is 0 Å². The molecule has 0 saturated carbocycles. The fourth-order valence-corrected chi connectivity index (χ4v) is 6.32. The zero-order valence-electron chi connectivity index (χ0n) is 24.7. The molecule has 4 aromatic rings. The minimum absolute atomic E-state index is 0.887. The molecule has 0 fully saturated rings. The Hall–Kier alpha value is -3.82. The van der Waals surface area contributed by atoms with E-state index < -0.39 is 0 Å². The fourth-order valence-electron chi connectivity index (χ4n) is 5.49. The minimum atomic E-state index is 0.887. The molecule has 0 amide bonds. The normalized spacial score (nSPS) is 14.9. The Morgan fingerprint density at radius 2 is 1.75 bits per heavy atom. The number of hydrogen-bond donors (Lipinski definition) is 0. The molecule has 0 spiro atoms. The number of benzene rings is 2. The number of hydrogen-bond acceptors (Lipinski definition) is 2. The summed E-state index contributed by atoms with van der Waals surface area (Å²) in [7, 11) is 0. The maximum Gasteiger partial charge on any atom is 0.0702 e. The zero-order valence-corrected chi connectivity index (χ0v) is 25.5. The van der Waals surface area contributed by atoms with E-state index >= 15 is 0 Å². The predicted molar refractivity (Wildman–Crippen MR) is 180 cm³/mol. The zero-order chi connectivity index (χ0) is 28.6. The Morgan fingerprint density at radius 3 is 2.45 bits per heavy atom. The van der Waals surface area contributed by atoms with Crippen molar-refractivity contribution >= 4 is 40.9 Å². The molecule has 2 nitrogen and oxygen atoms in total. The van der Waals surface area contributed by atoms with Crippen molar-refractivity contribution in [2.75, 3.05) is 0 Å². The predicted octanol–water partition coefficient (Wildman–Crippen LogP) is 11.0. The van der Waals surface area contributed by atoms with Gasteiger partial charge in [0.05, 0.1) is 16.9 Å². The first kappa shape index (κ1) is 29.2. The first-order chi connectivity index (χ1) is 19.6. The molecule has 1 aliphatic rings. The summed E-state index contributed by atoms with van der Waals surface area (Å²) in [6.45, 7) is 17.0. The molecule has 40 heavy (non-hydrogen) atoms. The Balaban J connectivity index is 0.00000181. The summed E-state index contributed by atoms with van der Waals surface area (Å²) >= 11 is 1.83. The molecule has 5 rings (SSSR count). The standard InChI is InChI=1S/C35H34N2S.C2H6/c1-6-12-29-25(5)28(8-3)30(13-7-2)35-34(29)31-23-38-21-19-24(4)17-18-33(31)37(35)27-15-11-14-26(22-27)32-16-9-10-20-36-32;1-2/h6-7,9-22H,4,8,23H2,1-3,5H3;1-2H3/b12-6-,13-7-,18-17-,21-19-;. The average Bonchev–Trinajstić information content (AvgIpc) is 3.35. The maximum atomic E-state index is 4.63. The molecule has 0 N–H and O–H groups in total. The summed E-state index contributed by atoms with van der Waals surface area (Å²) in [5.74, 6) is 0.887. The second kappa shape index (κ2) is 13.5. The highest BCUT2D eigenvalue weighted by atomic mass is 32.2. The van der Waals surface area contributed by atoms with Gasteiger partial charge in [-0.1, -0.05) is 75.9 Å². The molecular formula is C37H40N2S. The molecule has 0 aliphatic carbocycles. The van der Waals surface area contributed by atoms with Crippen LogP contribution in [0.5, 0.6) is 0 Å². The van der Waals surface area contributed by atoms with Crippen LogP contribution in [0.1, 0.15) is 68.1 Å². The number of aromatic nitrogens is 2. The maximum absolute atomic E-state index is 4.63. The Morgan fingerprint density at radius 1 is 0.975 bits per heavy atom. The van der Waals surface area contributed by atoms with Crippen molar-refractivity contribution in [1.29, 1.82) is 0 Å². The van der Waals surface area contributed by atoms with Crippen molar-refractivity contribution in [2.45, 2.75) is 53.7 Å². The van der Waals surface area contributed by atoms with Crippen molar-refractivity contribution in [3.8, 4) is 16.9 Å². The van der Waals surface area contributed by atoms with E-state index in [4.69, 9.17) is 0 Å². The van der Waals surface area contributed by atoms with Crippen LogP contribution < -0.4 is 0 Å². The highest BCUT2D eigenvalue weighted by molar-refractivity contribution is 8.01. The van der Waals surface area contributed by atoms with Crippen molar-refractivity contribution in [3.05, 3.63) is 124 Å². The van der Waals surface area contributed by atoms with Crippen LogP contribution in [0.3, 0.4) is 0 Å². The van der Waals surface area contributed by atoms with Gasteiger partial charge in [-0.05, 0) is 96.8 Å². The van der Waals surface area contributed by atoms with Crippen LogP contribution >= 0.6 is 11.8 Å². The largest absolute Gasteiger partial charge is 0.309 e. The first-order valence-electron chi connectivity index (χ1n) is 14.2. The van der Waals surface area contributed by atoms with Gasteiger partial charge in [0.25, 0.3) is 0 Å². The van der Waals surface area contributed by atoms with Gasteiger partial charge < -0.3 is 4.57 Å². The summed E-state index contributed by atoms with van der Waals surface area (Å²) in [5, 5.41) is 3.50. The van der Waals surface area contributed by atoms with E-state index in [1.165, 1.54) is 44.4 Å². The van der Waals surface area contributed by atoms with E-state index in [-0.39, 0.29) is 0 Å². The van der Waals surface area contributed by atoms with E-state index in [0.29, 0.717) is 0 Å². The van der Waals surface area contributed by atoms with Crippen molar-refractivity contribution < 1.29 is 0 Å². The summed E-state index contributed by atoms with van der Waals surface area (Å²) in [4.78, 5) is 4.63. The minimum Gasteiger partial charge on any atom is -0.309 e. The van der Waals surface area contributed by atoms with Crippen LogP contribution in [0.4, 0.5) is 0 Å². The fraction of sp³-hybridized carbons (Fsp3) is 0.216. The van der Waals surface area contributed by atoms with E-state index in [9.17, 15) is 0 Å². The lowest BCUT2D eigenvalue weighted by Crippen LogP contribution is -2.03. The van der Waals surface area contributed by atoms with Crippen LogP contribution in [-0.2, 0) is 12.2 Å². The molecule has 2 aromatic heterocycles. The second-order valence-electron chi connectivity index (χ2n) is 9.49. The molecule has 0 unspecified atom stereocenters. The molecule has 3 heterocycles. The Kier molecular flexibility index (Phi) is 9.84. The van der Waals surface area contributed by atoms with Gasteiger partial charge in [-0.3, -0.25) is 4.98 Å². The Labute approximate surface area is 244 Å². The quantitative estimate of drug-likeness (QED) is 0.249. The van der Waals surface area contributed by atoms with Crippen LogP contribution in [0.15, 0.2) is 90.5 Å². The van der Waals surface area contributed by atoms with Gasteiger partial charge in [0.15, 0.2) is 0 Å². The van der Waals surface area contributed by atoms with Gasteiger partial charge in [0.2, 0.25) is 0 Å². The van der Waals surface area contributed by atoms with Gasteiger partial charge in [-0.2, -0.15) is 0 Å². The third kappa shape index (κ3) is 5.57. The number of pyridine rings is 1. The van der Waals surface area contributed by atoms with E-state index in [0.717, 1.165) is 34.7 Å². The smallest absolute Gasteiger partial charge is 0.0702 e. The van der Waals surface area contributed by atoms with E-state index in [1.54, 1.807) is 0 Å². The summed E-state index contributed by atoms with van der Waals surface area (Å²) < 4.78 is 2.47. The number of nitrogens with zero attached hydrogens (tertiary/aromatic N) is 2. The van der Waals surface area contributed by atoms with Gasteiger partial charge in [0.1, 0.15) is 0 Å². The third-order valence-corrected chi connectivity index (χ3v) is 7.95. The highest BCUT2D eigenvalue weighted by Crippen LogP contribution is 2.42. The molecular weight excluding hydrogens is 504 g/mol. The molecule has 0 atom stereocenters. The SMILES string of the molecule is C=C1/C=C\SCc2c(n(-c3cccc(-c4ccccn4)c3)c3c(/C=C\C)c(CC)c(C)c(/C=C\C)c23)/C=C\1.CC. The molecule has 2 aromatic carbocycles. The Bertz CT molecular complexity index is 1630. The van der Waals surface area contributed by atoms with Gasteiger partial charge >= 0.3 is 0 Å². The van der Waals surface area contributed by atoms with Crippen LogP contribution in [-0.4, -0.2) is 9.55 Å². The van der Waals surface area contributed by atoms with Crippen molar-refractivity contribution in [1.82, 2.24) is 9.55 Å². The highest BCUT2D eigenvalue weighted by Gasteiger charge is 2.25. The number of fused-ring (bicyclic) bond motifs is 3. The molecule has 0 radical (unpaired) electrons. The third-order valence-electron chi connectivity index (χ3n) is 7.17. The van der Waals surface area contributed by atoms with E-state index in [1.807, 2.05) is 43.9 Å². The topological polar surface area (TPSA) is 17.8 Å². The van der Waals surface area contributed by atoms with Crippen LogP contribution in [0.25, 0.3) is 46.1 Å². The lowest BCUT2D eigenvalue weighted by Gasteiger charge is -2.18. The van der Waals surface area contributed by atoms with E-state index in [2.05, 4.69) is 122 Å². The average molecular weight is 545 g/mol. The van der Waals surface area contributed by atoms with Gasteiger partial charge in [-0.25, -0.2) is 0 Å².